The van der Waals surface area contributed by atoms with Gasteiger partial charge in [-0.05, 0) is 34.0 Å². The number of hydrogen-bond acceptors (Lipinski definition) is 4. The van der Waals surface area contributed by atoms with Crippen LogP contribution in [-0.2, 0) is 0 Å². The molecule has 0 fully saturated rings. The number of nitrogens with zero attached hydrogens (tertiary/aromatic N) is 2. The third-order valence-electron chi connectivity index (χ3n) is 1.47. The Labute approximate surface area is 97.1 Å². The van der Waals surface area contributed by atoms with E-state index in [4.69, 9.17) is 0 Å². The van der Waals surface area contributed by atoms with E-state index < -0.39 is 0 Å². The van der Waals surface area contributed by atoms with Gasteiger partial charge in [0, 0.05) is 3.57 Å². The van der Waals surface area contributed by atoms with Crippen molar-refractivity contribution in [2.24, 2.45) is 0 Å². The van der Waals surface area contributed by atoms with Crippen LogP contribution in [0.25, 0.3) is 0 Å². The van der Waals surface area contributed by atoms with Gasteiger partial charge in [0.1, 0.15) is 11.2 Å². The van der Waals surface area contributed by atoms with Gasteiger partial charge in [-0.15, -0.1) is 11.3 Å². The summed E-state index contributed by atoms with van der Waals surface area (Å²) in [7, 11) is 0. The Bertz CT molecular complexity index is 438. The highest BCUT2D eigenvalue weighted by Gasteiger charge is 2.12. The highest BCUT2D eigenvalue weighted by atomic mass is 127. The molecule has 0 saturated carbocycles. The number of amides is 1. The van der Waals surface area contributed by atoms with Crippen LogP contribution in [0.3, 0.4) is 0 Å². The molecule has 2 rings (SSSR count). The Morgan fingerprint density at radius 3 is 3.07 bits per heavy atom. The van der Waals surface area contributed by atoms with Crippen molar-refractivity contribution in [2.75, 3.05) is 5.32 Å². The number of aromatic amines is 1. The molecule has 0 radical (unpaired) electrons. The summed E-state index contributed by atoms with van der Waals surface area (Å²) in [5.41, 5.74) is 0. The number of aromatic nitrogens is 3. The van der Waals surface area contributed by atoms with Crippen molar-refractivity contribution in [1.29, 1.82) is 0 Å². The van der Waals surface area contributed by atoms with Gasteiger partial charge in [-0.2, -0.15) is 10.1 Å². The Morgan fingerprint density at radius 2 is 2.50 bits per heavy atom. The van der Waals surface area contributed by atoms with Crippen molar-refractivity contribution in [3.8, 4) is 0 Å². The van der Waals surface area contributed by atoms with Gasteiger partial charge in [0.05, 0.1) is 0 Å². The van der Waals surface area contributed by atoms with Crippen molar-refractivity contribution in [1.82, 2.24) is 15.2 Å². The van der Waals surface area contributed by atoms with Gasteiger partial charge in [-0.3, -0.25) is 10.1 Å². The lowest BCUT2D eigenvalue weighted by Crippen LogP contribution is -2.12. The standard InChI is InChI=1S/C7H5IN4OS/c8-4-1-2-14-5(4)6(13)11-7-9-3-10-12-7/h1-3H,(H2,9,10,11,12,13). The SMILES string of the molecule is O=C(Nc1ncn[nH]1)c1sccc1I. The average molecular weight is 320 g/mol. The molecule has 1 amide bonds. The first-order chi connectivity index (χ1) is 6.77. The van der Waals surface area contributed by atoms with Crippen LogP contribution in [-0.4, -0.2) is 21.1 Å². The zero-order valence-corrected chi connectivity index (χ0v) is 9.79. The number of halogens is 1. The number of hydrogen-bond donors (Lipinski definition) is 2. The number of anilines is 1. The predicted octanol–water partition coefficient (Wildman–Crippen LogP) is 1.72. The monoisotopic (exact) mass is 320 g/mol. The van der Waals surface area contributed by atoms with E-state index in [9.17, 15) is 4.79 Å². The fraction of sp³-hybridized carbons (Fsp3) is 0. The molecule has 0 aliphatic heterocycles. The highest BCUT2D eigenvalue weighted by molar-refractivity contribution is 14.1. The summed E-state index contributed by atoms with van der Waals surface area (Å²) in [6.45, 7) is 0. The van der Waals surface area contributed by atoms with Crippen LogP contribution in [0, 0.1) is 3.57 Å². The lowest BCUT2D eigenvalue weighted by atomic mass is 10.4. The van der Waals surface area contributed by atoms with E-state index in [2.05, 4.69) is 43.1 Å². The molecule has 2 N–H and O–H groups in total. The minimum Gasteiger partial charge on any atom is -0.290 e. The summed E-state index contributed by atoms with van der Waals surface area (Å²) in [4.78, 5) is 16.1. The Morgan fingerprint density at radius 1 is 1.64 bits per heavy atom. The molecule has 0 bridgehead atoms. The van der Waals surface area contributed by atoms with Gasteiger partial charge in [-0.25, -0.2) is 5.10 Å². The molecule has 14 heavy (non-hydrogen) atoms. The summed E-state index contributed by atoms with van der Waals surface area (Å²) in [5, 5.41) is 10.7. The lowest BCUT2D eigenvalue weighted by Gasteiger charge is -1.98. The lowest BCUT2D eigenvalue weighted by molar-refractivity contribution is 0.102. The summed E-state index contributed by atoms with van der Waals surface area (Å²) in [5.74, 6) is 0.195. The van der Waals surface area contributed by atoms with E-state index in [0.29, 0.717) is 10.8 Å². The second kappa shape index (κ2) is 4.05. The van der Waals surface area contributed by atoms with Crippen molar-refractivity contribution in [2.45, 2.75) is 0 Å². The number of nitrogens with one attached hydrogen (secondary N) is 2. The van der Waals surface area contributed by atoms with E-state index in [1.807, 2.05) is 11.4 Å². The van der Waals surface area contributed by atoms with E-state index in [0.717, 1.165) is 3.57 Å². The molecule has 72 valence electrons. The van der Waals surface area contributed by atoms with Gasteiger partial charge in [0.25, 0.3) is 5.91 Å². The highest BCUT2D eigenvalue weighted by Crippen LogP contribution is 2.19. The van der Waals surface area contributed by atoms with Crippen LogP contribution in [0.1, 0.15) is 9.67 Å². The fourth-order valence-electron chi connectivity index (χ4n) is 0.886. The van der Waals surface area contributed by atoms with Gasteiger partial charge in [0.2, 0.25) is 5.95 Å². The minimum atomic E-state index is -0.166. The molecule has 5 nitrogen and oxygen atoms in total. The normalized spacial score (nSPS) is 10.1. The van der Waals surface area contributed by atoms with Crippen molar-refractivity contribution < 1.29 is 4.79 Å². The Balaban J connectivity index is 2.14. The van der Waals surface area contributed by atoms with Crippen LogP contribution in [0.2, 0.25) is 0 Å². The number of carbonyl (C=O) groups is 1. The van der Waals surface area contributed by atoms with Crippen LogP contribution in [0.5, 0.6) is 0 Å². The first-order valence-electron chi connectivity index (χ1n) is 3.67. The molecule has 0 aliphatic carbocycles. The van der Waals surface area contributed by atoms with Crippen molar-refractivity contribution in [3.63, 3.8) is 0 Å². The van der Waals surface area contributed by atoms with Gasteiger partial charge >= 0.3 is 0 Å². The molecule has 2 aromatic heterocycles. The van der Waals surface area contributed by atoms with Crippen molar-refractivity contribution >= 4 is 45.8 Å². The quantitative estimate of drug-likeness (QED) is 0.828. The Hall–Kier alpha value is -0.960. The molecule has 2 aromatic rings. The smallest absolute Gasteiger partial charge is 0.269 e. The van der Waals surface area contributed by atoms with Gasteiger partial charge < -0.3 is 0 Å². The van der Waals surface area contributed by atoms with Crippen molar-refractivity contribution in [3.05, 3.63) is 26.2 Å². The number of rotatable bonds is 2. The van der Waals surface area contributed by atoms with Crippen LogP contribution in [0.15, 0.2) is 17.8 Å². The first-order valence-corrected chi connectivity index (χ1v) is 5.63. The molecule has 0 aromatic carbocycles. The molecular weight excluding hydrogens is 315 g/mol. The summed E-state index contributed by atoms with van der Waals surface area (Å²) >= 11 is 3.51. The number of H-pyrrole nitrogens is 1. The third kappa shape index (κ3) is 1.93. The van der Waals surface area contributed by atoms with Crippen LogP contribution >= 0.6 is 33.9 Å². The van der Waals surface area contributed by atoms with E-state index in [1.54, 1.807) is 0 Å². The maximum atomic E-state index is 11.6. The molecule has 0 atom stereocenters. The zero-order chi connectivity index (χ0) is 9.97. The molecule has 0 unspecified atom stereocenters. The average Bonchev–Trinajstić information content (AvgIpc) is 2.75. The maximum absolute atomic E-state index is 11.6. The number of carbonyl (C=O) groups excluding carboxylic acids is 1. The molecule has 0 aliphatic rings. The summed E-state index contributed by atoms with van der Waals surface area (Å²) in [6, 6.07) is 1.89. The van der Waals surface area contributed by atoms with E-state index in [1.165, 1.54) is 17.7 Å². The second-order valence-corrected chi connectivity index (χ2v) is 4.46. The maximum Gasteiger partial charge on any atom is 0.269 e. The molecule has 2 heterocycles. The van der Waals surface area contributed by atoms with E-state index >= 15 is 0 Å². The van der Waals surface area contributed by atoms with Crippen LogP contribution < -0.4 is 5.32 Å². The minimum absolute atomic E-state index is 0.166. The number of thiophene rings is 1. The first kappa shape index (κ1) is 9.59. The molecule has 0 saturated heterocycles. The van der Waals surface area contributed by atoms with E-state index in [-0.39, 0.29) is 5.91 Å². The zero-order valence-electron chi connectivity index (χ0n) is 6.82. The van der Waals surface area contributed by atoms with Gasteiger partial charge in [0.15, 0.2) is 0 Å². The van der Waals surface area contributed by atoms with Crippen LogP contribution in [0.4, 0.5) is 5.95 Å². The fourth-order valence-corrected chi connectivity index (χ4v) is 2.61. The topological polar surface area (TPSA) is 70.7 Å². The second-order valence-electron chi connectivity index (χ2n) is 2.39. The molecular formula is C7H5IN4OS. The summed E-state index contributed by atoms with van der Waals surface area (Å²) in [6.07, 6.45) is 1.34. The molecule has 0 spiro atoms. The molecule has 7 heteroatoms. The van der Waals surface area contributed by atoms with Gasteiger partial charge in [-0.1, -0.05) is 0 Å². The summed E-state index contributed by atoms with van der Waals surface area (Å²) < 4.78 is 0.935. The third-order valence-corrected chi connectivity index (χ3v) is 3.65. The largest absolute Gasteiger partial charge is 0.290 e. The predicted molar refractivity (Wildman–Crippen MR) is 61.4 cm³/mol. The Kier molecular flexibility index (Phi) is 2.77.